The van der Waals surface area contributed by atoms with Crippen molar-refractivity contribution in [3.8, 4) is 0 Å². The number of nitrogens with zero attached hydrogens (tertiary/aromatic N) is 1. The Morgan fingerprint density at radius 3 is 2.47 bits per heavy atom. The molecule has 1 fully saturated rings. The van der Waals surface area contributed by atoms with Gasteiger partial charge in [-0.3, -0.25) is 4.79 Å². The van der Waals surface area contributed by atoms with Crippen LogP contribution in [0.5, 0.6) is 0 Å². The SMILES string of the molecule is CCNCC(=O)N(C)C1CCC(C)CC1. The van der Waals surface area contributed by atoms with Gasteiger partial charge in [-0.1, -0.05) is 13.8 Å². The molecule has 88 valence electrons. The maximum Gasteiger partial charge on any atom is 0.236 e. The van der Waals surface area contributed by atoms with Gasteiger partial charge in [-0.2, -0.15) is 0 Å². The van der Waals surface area contributed by atoms with E-state index in [1.165, 1.54) is 25.7 Å². The molecule has 0 aromatic heterocycles. The molecule has 3 heteroatoms. The number of amides is 1. The van der Waals surface area contributed by atoms with E-state index in [0.717, 1.165) is 12.5 Å². The second kappa shape index (κ2) is 6.11. The fourth-order valence-corrected chi connectivity index (χ4v) is 2.19. The molecule has 1 amide bonds. The van der Waals surface area contributed by atoms with Crippen LogP contribution in [0.2, 0.25) is 0 Å². The number of hydrogen-bond donors (Lipinski definition) is 1. The first-order valence-corrected chi connectivity index (χ1v) is 6.11. The van der Waals surface area contributed by atoms with E-state index in [-0.39, 0.29) is 5.91 Å². The number of carbonyl (C=O) groups is 1. The molecule has 0 aromatic carbocycles. The fourth-order valence-electron chi connectivity index (χ4n) is 2.19. The lowest BCUT2D eigenvalue weighted by Gasteiger charge is -2.33. The standard InChI is InChI=1S/C12H24N2O/c1-4-13-9-12(15)14(3)11-7-5-10(2)6-8-11/h10-11,13H,4-9H2,1-3H3. The van der Waals surface area contributed by atoms with Gasteiger partial charge in [0.25, 0.3) is 0 Å². The summed E-state index contributed by atoms with van der Waals surface area (Å²) < 4.78 is 0. The maximum absolute atomic E-state index is 11.7. The normalized spacial score (nSPS) is 26.3. The predicted octanol–water partition coefficient (Wildman–Crippen LogP) is 1.63. The lowest BCUT2D eigenvalue weighted by molar-refractivity contribution is -0.131. The minimum absolute atomic E-state index is 0.233. The van der Waals surface area contributed by atoms with Gasteiger partial charge in [-0.05, 0) is 38.1 Å². The largest absolute Gasteiger partial charge is 0.342 e. The van der Waals surface area contributed by atoms with E-state index < -0.39 is 0 Å². The molecule has 1 rings (SSSR count). The van der Waals surface area contributed by atoms with E-state index in [9.17, 15) is 4.79 Å². The van der Waals surface area contributed by atoms with E-state index in [1.54, 1.807) is 0 Å². The monoisotopic (exact) mass is 212 g/mol. The van der Waals surface area contributed by atoms with E-state index in [1.807, 2.05) is 18.9 Å². The van der Waals surface area contributed by atoms with Gasteiger partial charge in [0.05, 0.1) is 6.54 Å². The summed E-state index contributed by atoms with van der Waals surface area (Å²) in [5.41, 5.74) is 0. The average Bonchev–Trinajstić information content (AvgIpc) is 2.26. The van der Waals surface area contributed by atoms with Crippen molar-refractivity contribution in [2.75, 3.05) is 20.1 Å². The molecule has 0 unspecified atom stereocenters. The van der Waals surface area contributed by atoms with E-state index in [4.69, 9.17) is 0 Å². The fraction of sp³-hybridized carbons (Fsp3) is 0.917. The molecular weight excluding hydrogens is 188 g/mol. The first-order chi connectivity index (χ1) is 7.15. The van der Waals surface area contributed by atoms with Crippen LogP contribution in [0.4, 0.5) is 0 Å². The Morgan fingerprint density at radius 2 is 1.93 bits per heavy atom. The quantitative estimate of drug-likeness (QED) is 0.768. The minimum atomic E-state index is 0.233. The minimum Gasteiger partial charge on any atom is -0.342 e. The van der Waals surface area contributed by atoms with Gasteiger partial charge in [-0.25, -0.2) is 0 Å². The molecule has 1 saturated carbocycles. The molecular formula is C12H24N2O. The summed E-state index contributed by atoms with van der Waals surface area (Å²) in [6.07, 6.45) is 4.89. The van der Waals surface area contributed by atoms with Gasteiger partial charge in [0, 0.05) is 13.1 Å². The van der Waals surface area contributed by atoms with Crippen LogP contribution in [-0.4, -0.2) is 37.0 Å². The Kier molecular flexibility index (Phi) is 5.09. The molecule has 0 spiro atoms. The molecule has 15 heavy (non-hydrogen) atoms. The molecule has 0 bridgehead atoms. The van der Waals surface area contributed by atoms with Crippen LogP contribution in [0, 0.1) is 5.92 Å². The molecule has 0 aliphatic heterocycles. The number of carbonyl (C=O) groups excluding carboxylic acids is 1. The smallest absolute Gasteiger partial charge is 0.236 e. The molecule has 0 atom stereocenters. The van der Waals surface area contributed by atoms with Gasteiger partial charge in [0.2, 0.25) is 5.91 Å². The lowest BCUT2D eigenvalue weighted by atomic mass is 9.87. The second-order valence-electron chi connectivity index (χ2n) is 4.70. The van der Waals surface area contributed by atoms with Crippen LogP contribution in [0.15, 0.2) is 0 Å². The highest BCUT2D eigenvalue weighted by molar-refractivity contribution is 5.78. The number of likely N-dealkylation sites (N-methyl/N-ethyl adjacent to an activating group) is 2. The molecule has 0 saturated heterocycles. The highest BCUT2D eigenvalue weighted by Crippen LogP contribution is 2.26. The Morgan fingerprint density at radius 1 is 1.33 bits per heavy atom. The molecule has 0 aromatic rings. The summed E-state index contributed by atoms with van der Waals surface area (Å²) in [4.78, 5) is 13.7. The van der Waals surface area contributed by atoms with Gasteiger partial charge in [0.1, 0.15) is 0 Å². The predicted molar refractivity (Wildman–Crippen MR) is 62.7 cm³/mol. The van der Waals surface area contributed by atoms with Crippen molar-refractivity contribution in [2.24, 2.45) is 5.92 Å². The topological polar surface area (TPSA) is 32.3 Å². The zero-order chi connectivity index (χ0) is 11.3. The molecule has 1 N–H and O–H groups in total. The zero-order valence-corrected chi connectivity index (χ0v) is 10.3. The second-order valence-corrected chi connectivity index (χ2v) is 4.70. The van der Waals surface area contributed by atoms with Gasteiger partial charge >= 0.3 is 0 Å². The first-order valence-electron chi connectivity index (χ1n) is 6.11. The molecule has 1 aliphatic carbocycles. The first kappa shape index (κ1) is 12.5. The third-order valence-corrected chi connectivity index (χ3v) is 3.45. The highest BCUT2D eigenvalue weighted by atomic mass is 16.2. The van der Waals surface area contributed by atoms with Crippen molar-refractivity contribution in [1.29, 1.82) is 0 Å². The van der Waals surface area contributed by atoms with Crippen molar-refractivity contribution in [2.45, 2.75) is 45.6 Å². The molecule has 3 nitrogen and oxygen atoms in total. The Balaban J connectivity index is 2.32. The molecule has 1 aliphatic rings. The van der Waals surface area contributed by atoms with Crippen molar-refractivity contribution in [3.63, 3.8) is 0 Å². The maximum atomic E-state index is 11.7. The third-order valence-electron chi connectivity index (χ3n) is 3.45. The van der Waals surface area contributed by atoms with Crippen molar-refractivity contribution >= 4 is 5.91 Å². The summed E-state index contributed by atoms with van der Waals surface area (Å²) >= 11 is 0. The summed E-state index contributed by atoms with van der Waals surface area (Å²) in [5, 5.41) is 3.09. The van der Waals surface area contributed by atoms with E-state index in [0.29, 0.717) is 12.6 Å². The molecule has 0 heterocycles. The zero-order valence-electron chi connectivity index (χ0n) is 10.3. The number of hydrogen-bond acceptors (Lipinski definition) is 2. The van der Waals surface area contributed by atoms with Crippen molar-refractivity contribution < 1.29 is 4.79 Å². The Bertz CT molecular complexity index is 198. The van der Waals surface area contributed by atoms with Gasteiger partial charge in [-0.15, -0.1) is 0 Å². The van der Waals surface area contributed by atoms with Crippen LogP contribution >= 0.6 is 0 Å². The van der Waals surface area contributed by atoms with Crippen molar-refractivity contribution in [1.82, 2.24) is 10.2 Å². The molecule has 0 radical (unpaired) electrons. The van der Waals surface area contributed by atoms with Crippen molar-refractivity contribution in [3.05, 3.63) is 0 Å². The third kappa shape index (κ3) is 3.82. The van der Waals surface area contributed by atoms with Crippen LogP contribution in [0.25, 0.3) is 0 Å². The number of rotatable bonds is 4. The van der Waals surface area contributed by atoms with Crippen LogP contribution in [0.1, 0.15) is 39.5 Å². The van der Waals surface area contributed by atoms with E-state index >= 15 is 0 Å². The van der Waals surface area contributed by atoms with Crippen LogP contribution < -0.4 is 5.32 Å². The Hall–Kier alpha value is -0.570. The van der Waals surface area contributed by atoms with E-state index in [2.05, 4.69) is 12.2 Å². The van der Waals surface area contributed by atoms with Gasteiger partial charge in [0.15, 0.2) is 0 Å². The highest BCUT2D eigenvalue weighted by Gasteiger charge is 2.24. The van der Waals surface area contributed by atoms with Crippen LogP contribution in [-0.2, 0) is 4.79 Å². The number of nitrogens with one attached hydrogen (secondary N) is 1. The van der Waals surface area contributed by atoms with Gasteiger partial charge < -0.3 is 10.2 Å². The summed E-state index contributed by atoms with van der Waals surface area (Å²) in [7, 11) is 1.94. The van der Waals surface area contributed by atoms with Crippen LogP contribution in [0.3, 0.4) is 0 Å². The average molecular weight is 212 g/mol. The summed E-state index contributed by atoms with van der Waals surface area (Å²) in [6.45, 7) is 5.67. The Labute approximate surface area is 93.2 Å². The summed E-state index contributed by atoms with van der Waals surface area (Å²) in [5.74, 6) is 1.08. The lowest BCUT2D eigenvalue weighted by Crippen LogP contribution is -2.43. The summed E-state index contributed by atoms with van der Waals surface area (Å²) in [6, 6.07) is 0.479.